The average molecular weight is 546 g/mol. The van der Waals surface area contributed by atoms with Gasteiger partial charge in [0.25, 0.3) is 0 Å². The topological polar surface area (TPSA) is 83.3 Å². The van der Waals surface area contributed by atoms with Crippen molar-refractivity contribution >= 4 is 28.9 Å². The van der Waals surface area contributed by atoms with E-state index in [9.17, 15) is 4.79 Å². The number of ether oxygens (including phenoxy) is 3. The van der Waals surface area contributed by atoms with E-state index in [-0.39, 0.29) is 12.2 Å². The van der Waals surface area contributed by atoms with Gasteiger partial charge < -0.3 is 23.6 Å². The standard InChI is InChI=1S/C32H39N3O5/c1-3-38-33-20-29-28-14-13-27(40-26-15-17-37-18-16-26)19-30(28)35(25-5-4-6-25)31(29)23-9-11-24(12-10-23)34-32(36)39-21(2)22-7-8-22/h9-14,19-22,25-26H,3-8,15-18H2,1-2H3,(H,34,36). The summed E-state index contributed by atoms with van der Waals surface area (Å²) in [5.74, 6) is 1.39. The Balaban J connectivity index is 1.34. The summed E-state index contributed by atoms with van der Waals surface area (Å²) in [6, 6.07) is 14.8. The van der Waals surface area contributed by atoms with E-state index in [2.05, 4.69) is 45.4 Å². The fourth-order valence-corrected chi connectivity index (χ4v) is 5.68. The van der Waals surface area contributed by atoms with Gasteiger partial charge in [0.15, 0.2) is 0 Å². The van der Waals surface area contributed by atoms with Gasteiger partial charge in [-0.3, -0.25) is 5.32 Å². The maximum atomic E-state index is 12.4. The Labute approximate surface area is 235 Å². The highest BCUT2D eigenvalue weighted by molar-refractivity contribution is 6.07. The Morgan fingerprint density at radius 1 is 1.10 bits per heavy atom. The Kier molecular flexibility index (Phi) is 7.96. The van der Waals surface area contributed by atoms with Gasteiger partial charge in [0.2, 0.25) is 0 Å². The molecule has 1 saturated heterocycles. The van der Waals surface area contributed by atoms with Crippen LogP contribution in [-0.2, 0) is 14.3 Å². The molecule has 3 aliphatic rings. The normalized spacial score (nSPS) is 18.9. The third-order valence-corrected chi connectivity index (χ3v) is 8.29. The maximum Gasteiger partial charge on any atom is 0.411 e. The van der Waals surface area contributed by atoms with Gasteiger partial charge in [0.1, 0.15) is 24.6 Å². The number of oxime groups is 1. The molecule has 40 heavy (non-hydrogen) atoms. The van der Waals surface area contributed by atoms with Crippen LogP contribution < -0.4 is 10.1 Å². The molecule has 6 rings (SSSR count). The first kappa shape index (κ1) is 26.7. The molecule has 0 radical (unpaired) electrons. The first-order valence-corrected chi connectivity index (χ1v) is 14.8. The molecule has 8 nitrogen and oxygen atoms in total. The smallest absolute Gasteiger partial charge is 0.411 e. The van der Waals surface area contributed by atoms with E-state index < -0.39 is 6.09 Å². The summed E-state index contributed by atoms with van der Waals surface area (Å²) in [6.45, 7) is 5.89. The maximum absolute atomic E-state index is 12.4. The molecule has 0 bridgehead atoms. The van der Waals surface area contributed by atoms with Crippen molar-refractivity contribution in [1.82, 2.24) is 4.57 Å². The van der Waals surface area contributed by atoms with E-state index in [1.807, 2.05) is 32.2 Å². The van der Waals surface area contributed by atoms with Crippen molar-refractivity contribution in [1.29, 1.82) is 0 Å². The van der Waals surface area contributed by atoms with Gasteiger partial charge in [-0.2, -0.15) is 0 Å². The summed E-state index contributed by atoms with van der Waals surface area (Å²) < 4.78 is 19.9. The quantitative estimate of drug-likeness (QED) is 0.213. The lowest BCUT2D eigenvalue weighted by Gasteiger charge is -2.30. The zero-order valence-electron chi connectivity index (χ0n) is 23.4. The van der Waals surface area contributed by atoms with Gasteiger partial charge >= 0.3 is 6.09 Å². The van der Waals surface area contributed by atoms with Crippen molar-refractivity contribution in [2.45, 2.75) is 77.0 Å². The molecule has 1 unspecified atom stereocenters. The minimum Gasteiger partial charge on any atom is -0.490 e. The van der Waals surface area contributed by atoms with Crippen molar-refractivity contribution in [3.8, 4) is 17.0 Å². The molecule has 2 heterocycles. The molecule has 212 valence electrons. The summed E-state index contributed by atoms with van der Waals surface area (Å²) >= 11 is 0. The highest BCUT2D eigenvalue weighted by Crippen LogP contribution is 2.43. The Hall–Kier alpha value is -3.52. The number of hydrogen-bond donors (Lipinski definition) is 1. The second kappa shape index (κ2) is 11.9. The van der Waals surface area contributed by atoms with Crippen molar-refractivity contribution in [2.75, 3.05) is 25.1 Å². The van der Waals surface area contributed by atoms with Crippen LogP contribution in [0.4, 0.5) is 10.5 Å². The highest BCUT2D eigenvalue weighted by Gasteiger charge is 2.31. The molecule has 1 atom stereocenters. The summed E-state index contributed by atoms with van der Waals surface area (Å²) in [4.78, 5) is 17.8. The summed E-state index contributed by atoms with van der Waals surface area (Å²) in [5, 5.41) is 8.27. The number of benzene rings is 2. The minimum atomic E-state index is -0.405. The first-order chi connectivity index (χ1) is 19.6. The Bertz CT molecular complexity index is 1350. The number of hydrogen-bond acceptors (Lipinski definition) is 6. The second-order valence-electron chi connectivity index (χ2n) is 11.1. The monoisotopic (exact) mass is 545 g/mol. The number of carbonyl (C=O) groups excluding carboxylic acids is 1. The van der Waals surface area contributed by atoms with Crippen molar-refractivity contribution < 1.29 is 23.8 Å². The van der Waals surface area contributed by atoms with Crippen LogP contribution in [0.3, 0.4) is 0 Å². The van der Waals surface area contributed by atoms with E-state index in [4.69, 9.17) is 19.0 Å². The number of carbonyl (C=O) groups is 1. The molecule has 1 aromatic heterocycles. The average Bonchev–Trinajstić information content (AvgIpc) is 3.74. The van der Waals surface area contributed by atoms with E-state index in [1.165, 1.54) is 6.42 Å². The van der Waals surface area contributed by atoms with Gasteiger partial charge in [-0.1, -0.05) is 17.3 Å². The number of nitrogens with zero attached hydrogens (tertiary/aromatic N) is 2. The number of amides is 1. The van der Waals surface area contributed by atoms with Crippen molar-refractivity contribution in [2.24, 2.45) is 11.1 Å². The molecule has 2 saturated carbocycles. The molecular weight excluding hydrogens is 506 g/mol. The fraction of sp³-hybridized carbons (Fsp3) is 0.500. The SMILES string of the molecule is CCON=Cc1c(-c2ccc(NC(=O)OC(C)C3CC3)cc2)n(C2CCC2)c2cc(OC3CCOCC3)ccc12. The predicted molar refractivity (Wildman–Crippen MR) is 156 cm³/mol. The van der Waals surface area contributed by atoms with Crippen LogP contribution in [-0.4, -0.2) is 48.9 Å². The summed E-state index contributed by atoms with van der Waals surface area (Å²) in [5.41, 5.74) is 5.02. The van der Waals surface area contributed by atoms with Crippen LogP contribution >= 0.6 is 0 Å². The molecule has 1 amide bonds. The van der Waals surface area contributed by atoms with E-state index >= 15 is 0 Å². The van der Waals surface area contributed by atoms with Crippen LogP contribution in [0.5, 0.6) is 5.75 Å². The Morgan fingerprint density at radius 3 is 2.55 bits per heavy atom. The second-order valence-corrected chi connectivity index (χ2v) is 11.1. The molecule has 2 aliphatic carbocycles. The van der Waals surface area contributed by atoms with Crippen molar-refractivity contribution in [3.05, 3.63) is 48.0 Å². The first-order valence-electron chi connectivity index (χ1n) is 14.8. The lowest BCUT2D eigenvalue weighted by atomic mass is 9.92. The molecule has 3 fully saturated rings. The molecule has 3 aromatic rings. The molecule has 0 spiro atoms. The number of anilines is 1. The zero-order valence-corrected chi connectivity index (χ0v) is 23.4. The van der Waals surface area contributed by atoms with E-state index in [0.29, 0.717) is 24.3 Å². The van der Waals surface area contributed by atoms with Gasteiger partial charge in [-0.05, 0) is 81.7 Å². The van der Waals surface area contributed by atoms with E-state index in [0.717, 1.165) is 85.2 Å². The molecular formula is C32H39N3O5. The van der Waals surface area contributed by atoms with Crippen LogP contribution in [0.15, 0.2) is 47.6 Å². The third-order valence-electron chi connectivity index (χ3n) is 8.29. The lowest BCUT2D eigenvalue weighted by Crippen LogP contribution is -2.25. The predicted octanol–water partition coefficient (Wildman–Crippen LogP) is 7.31. The van der Waals surface area contributed by atoms with Gasteiger partial charge in [0.05, 0.1) is 30.6 Å². The van der Waals surface area contributed by atoms with E-state index in [1.54, 1.807) is 0 Å². The van der Waals surface area contributed by atoms with Gasteiger partial charge in [-0.25, -0.2) is 4.79 Å². The van der Waals surface area contributed by atoms with Crippen LogP contribution in [0.2, 0.25) is 0 Å². The zero-order chi connectivity index (χ0) is 27.5. The van der Waals surface area contributed by atoms with Crippen LogP contribution in [0, 0.1) is 5.92 Å². The Morgan fingerprint density at radius 2 is 1.88 bits per heavy atom. The summed E-state index contributed by atoms with van der Waals surface area (Å²) in [7, 11) is 0. The van der Waals surface area contributed by atoms with Crippen molar-refractivity contribution in [3.63, 3.8) is 0 Å². The van der Waals surface area contributed by atoms with Crippen LogP contribution in [0.25, 0.3) is 22.2 Å². The van der Waals surface area contributed by atoms with Crippen LogP contribution in [0.1, 0.15) is 70.4 Å². The fourth-order valence-electron chi connectivity index (χ4n) is 5.68. The third kappa shape index (κ3) is 5.82. The molecule has 1 N–H and O–H groups in total. The number of rotatable bonds is 10. The number of aromatic nitrogens is 1. The number of fused-ring (bicyclic) bond motifs is 1. The van der Waals surface area contributed by atoms with Gasteiger partial charge in [-0.15, -0.1) is 0 Å². The number of nitrogens with one attached hydrogen (secondary N) is 1. The summed E-state index contributed by atoms with van der Waals surface area (Å²) in [6.07, 6.45) is 9.12. The minimum absolute atomic E-state index is 0.0510. The molecule has 2 aromatic carbocycles. The molecule has 1 aliphatic heterocycles. The highest BCUT2D eigenvalue weighted by atomic mass is 16.6. The largest absolute Gasteiger partial charge is 0.490 e. The molecule has 8 heteroatoms. The van der Waals surface area contributed by atoms with Gasteiger partial charge in [0, 0.05) is 41.6 Å². The lowest BCUT2D eigenvalue weighted by molar-refractivity contribution is 0.0256.